The topological polar surface area (TPSA) is 14.1 Å². The van der Waals surface area contributed by atoms with Gasteiger partial charge in [0.25, 0.3) is 0 Å². The molecule has 0 N–H and O–H groups in total. The van der Waals surface area contributed by atoms with Crippen molar-refractivity contribution >= 4 is 27.1 Å². The number of hydrogen-bond donors (Lipinski definition) is 0. The summed E-state index contributed by atoms with van der Waals surface area (Å²) in [6, 6.07) is 8.61. The predicted octanol–water partition coefficient (Wildman–Crippen LogP) is 3.37. The Bertz CT molecular complexity index is 534. The van der Waals surface area contributed by atoms with Crippen LogP contribution in [0.1, 0.15) is 5.56 Å². The molecule has 1 nitrogen and oxygen atoms in total. The Morgan fingerprint density at radius 3 is 3.00 bits per heavy atom. The maximum absolute atomic E-state index is 4.28. The molecule has 1 aliphatic rings. The first-order valence-electron chi connectivity index (χ1n) is 4.49. The first-order chi connectivity index (χ1) is 6.93. The second kappa shape index (κ2) is 3.00. The van der Waals surface area contributed by atoms with Gasteiger partial charge >= 0.3 is 0 Å². The lowest BCUT2D eigenvalue weighted by molar-refractivity contribution is 1.23. The second-order valence-corrected chi connectivity index (χ2v) is 4.14. The zero-order valence-corrected chi connectivity index (χ0v) is 8.29. The first kappa shape index (κ1) is 7.83. The number of hydrogen-bond acceptors (Lipinski definition) is 1. The molecule has 67 valence electrons. The van der Waals surface area contributed by atoms with Gasteiger partial charge in [-0.25, -0.2) is 0 Å². The summed E-state index contributed by atoms with van der Waals surface area (Å²) in [6.07, 6.45) is 5.83. The van der Waals surface area contributed by atoms with Gasteiger partial charge in [0, 0.05) is 16.5 Å². The highest BCUT2D eigenvalue weighted by Gasteiger charge is 2.05. The van der Waals surface area contributed by atoms with E-state index in [0.717, 1.165) is 5.70 Å². The Labute approximate surface area is 86.4 Å². The van der Waals surface area contributed by atoms with Gasteiger partial charge in [-0.05, 0) is 35.1 Å². The Morgan fingerprint density at radius 2 is 2.14 bits per heavy atom. The minimum absolute atomic E-state index is 1.06. The molecule has 1 aliphatic heterocycles. The molecule has 3 rings (SSSR count). The van der Waals surface area contributed by atoms with Gasteiger partial charge in [0.15, 0.2) is 0 Å². The van der Waals surface area contributed by atoms with Gasteiger partial charge < -0.3 is 0 Å². The molecule has 0 spiro atoms. The zero-order chi connectivity index (χ0) is 9.38. The fraction of sp³-hybridized carbons (Fsp3) is 0. The third-order valence-corrected chi connectivity index (χ3v) is 3.19. The van der Waals surface area contributed by atoms with E-state index in [1.165, 1.54) is 15.6 Å². The van der Waals surface area contributed by atoms with Crippen LogP contribution in [0.5, 0.6) is 0 Å². The van der Waals surface area contributed by atoms with Crippen molar-refractivity contribution in [1.29, 1.82) is 0 Å². The molecule has 2 aromatic rings. The highest BCUT2D eigenvalue weighted by Crippen LogP contribution is 2.25. The minimum atomic E-state index is 1.06. The predicted molar refractivity (Wildman–Crippen MR) is 61.1 cm³/mol. The lowest BCUT2D eigenvalue weighted by atomic mass is 10.1. The van der Waals surface area contributed by atoms with Crippen LogP contribution in [0.3, 0.4) is 0 Å². The van der Waals surface area contributed by atoms with Crippen molar-refractivity contribution < 1.29 is 0 Å². The van der Waals surface area contributed by atoms with E-state index in [2.05, 4.69) is 35.0 Å². The van der Waals surface area contributed by atoms with Crippen molar-refractivity contribution in [1.82, 2.24) is 5.32 Å². The van der Waals surface area contributed by atoms with Crippen LogP contribution >= 0.6 is 11.3 Å². The van der Waals surface area contributed by atoms with Crippen molar-refractivity contribution in [2.75, 3.05) is 0 Å². The minimum Gasteiger partial charge on any atom is -0.256 e. The van der Waals surface area contributed by atoms with Gasteiger partial charge in [-0.2, -0.15) is 0 Å². The molecule has 0 saturated heterocycles. The van der Waals surface area contributed by atoms with Gasteiger partial charge in [-0.15, -0.1) is 11.3 Å². The van der Waals surface area contributed by atoms with E-state index >= 15 is 0 Å². The number of rotatable bonds is 1. The van der Waals surface area contributed by atoms with Crippen LogP contribution in [0.2, 0.25) is 0 Å². The third kappa shape index (κ3) is 1.16. The fourth-order valence-electron chi connectivity index (χ4n) is 1.59. The van der Waals surface area contributed by atoms with E-state index in [1.54, 1.807) is 11.3 Å². The first-order valence-corrected chi connectivity index (χ1v) is 5.37. The average molecular weight is 198 g/mol. The standard InChI is InChI=1S/C12H8NS/c1-2-11(13-6-1)10-4-3-9-5-7-14-12(9)8-10/h1-8H. The van der Waals surface area contributed by atoms with Crippen LogP contribution < -0.4 is 5.32 Å². The lowest BCUT2D eigenvalue weighted by Crippen LogP contribution is -1.90. The van der Waals surface area contributed by atoms with E-state index in [4.69, 9.17) is 0 Å². The number of nitrogens with zero attached hydrogens (tertiary/aromatic N) is 1. The van der Waals surface area contributed by atoms with E-state index in [0.29, 0.717) is 0 Å². The normalized spacial score (nSPS) is 14.4. The van der Waals surface area contributed by atoms with Crippen LogP contribution in [0.25, 0.3) is 15.8 Å². The van der Waals surface area contributed by atoms with Crippen LogP contribution in [-0.2, 0) is 0 Å². The van der Waals surface area contributed by atoms with Crippen LogP contribution in [0.15, 0.2) is 48.0 Å². The fourth-order valence-corrected chi connectivity index (χ4v) is 2.41. The molecule has 2 heteroatoms. The summed E-state index contributed by atoms with van der Waals surface area (Å²) >= 11 is 1.77. The Morgan fingerprint density at radius 1 is 1.14 bits per heavy atom. The van der Waals surface area contributed by atoms with Crippen molar-refractivity contribution in [3.63, 3.8) is 0 Å². The van der Waals surface area contributed by atoms with E-state index < -0.39 is 0 Å². The number of thiophene rings is 1. The molecule has 0 amide bonds. The van der Waals surface area contributed by atoms with E-state index in [9.17, 15) is 0 Å². The molecular weight excluding hydrogens is 190 g/mol. The van der Waals surface area contributed by atoms with E-state index in [-0.39, 0.29) is 0 Å². The average Bonchev–Trinajstić information content (AvgIpc) is 2.88. The Balaban J connectivity index is 2.13. The van der Waals surface area contributed by atoms with Gasteiger partial charge in [-0.3, -0.25) is 5.32 Å². The maximum atomic E-state index is 4.28. The molecule has 1 radical (unpaired) electrons. The maximum Gasteiger partial charge on any atom is 0.0702 e. The van der Waals surface area contributed by atoms with Crippen molar-refractivity contribution in [3.8, 4) is 0 Å². The highest BCUT2D eigenvalue weighted by atomic mass is 32.1. The van der Waals surface area contributed by atoms with Crippen LogP contribution in [0.4, 0.5) is 0 Å². The third-order valence-electron chi connectivity index (χ3n) is 2.31. The smallest absolute Gasteiger partial charge is 0.0702 e. The zero-order valence-electron chi connectivity index (χ0n) is 7.47. The van der Waals surface area contributed by atoms with Crippen LogP contribution in [-0.4, -0.2) is 0 Å². The molecule has 0 bridgehead atoms. The lowest BCUT2D eigenvalue weighted by Gasteiger charge is -2.00. The summed E-state index contributed by atoms with van der Waals surface area (Å²) in [5, 5.41) is 7.71. The van der Waals surface area contributed by atoms with Crippen molar-refractivity contribution in [2.24, 2.45) is 0 Å². The Hall–Kier alpha value is -1.54. The van der Waals surface area contributed by atoms with Crippen LogP contribution in [0, 0.1) is 0 Å². The van der Waals surface area contributed by atoms with Crippen molar-refractivity contribution in [3.05, 3.63) is 53.6 Å². The number of allylic oxidation sites excluding steroid dienone is 2. The summed E-state index contributed by atoms with van der Waals surface area (Å²) in [5.41, 5.74) is 2.25. The molecule has 0 aliphatic carbocycles. The largest absolute Gasteiger partial charge is 0.256 e. The monoisotopic (exact) mass is 198 g/mol. The number of fused-ring (bicyclic) bond motifs is 1. The summed E-state index contributed by atoms with van der Waals surface area (Å²) in [7, 11) is 0. The molecule has 1 aromatic heterocycles. The quantitative estimate of drug-likeness (QED) is 0.667. The molecular formula is C12H8NS. The van der Waals surface area contributed by atoms with Gasteiger partial charge in [-0.1, -0.05) is 12.1 Å². The number of benzene rings is 1. The molecule has 1 aromatic carbocycles. The molecule has 2 heterocycles. The molecule has 0 unspecified atom stereocenters. The molecule has 0 atom stereocenters. The summed E-state index contributed by atoms with van der Waals surface area (Å²) < 4.78 is 1.32. The Kier molecular flexibility index (Phi) is 1.67. The summed E-state index contributed by atoms with van der Waals surface area (Å²) in [6.45, 7) is 0. The summed E-state index contributed by atoms with van der Waals surface area (Å²) in [4.78, 5) is 0. The second-order valence-electron chi connectivity index (χ2n) is 3.20. The molecule has 0 fully saturated rings. The van der Waals surface area contributed by atoms with Gasteiger partial charge in [0.1, 0.15) is 0 Å². The molecule has 0 saturated carbocycles. The van der Waals surface area contributed by atoms with Gasteiger partial charge in [0.05, 0.1) is 5.70 Å². The van der Waals surface area contributed by atoms with Gasteiger partial charge in [0.2, 0.25) is 0 Å². The molecule has 14 heavy (non-hydrogen) atoms. The summed E-state index contributed by atoms with van der Waals surface area (Å²) in [5.74, 6) is 0. The van der Waals surface area contributed by atoms with Crippen molar-refractivity contribution in [2.45, 2.75) is 0 Å². The highest BCUT2D eigenvalue weighted by molar-refractivity contribution is 7.17. The van der Waals surface area contributed by atoms with E-state index in [1.807, 2.05) is 18.4 Å². The SMILES string of the molecule is C1=C[N]C(c2ccc3ccsc3c2)=C1.